The summed E-state index contributed by atoms with van der Waals surface area (Å²) < 4.78 is 0. The van der Waals surface area contributed by atoms with Crippen molar-refractivity contribution >= 4 is 17.7 Å². The topological polar surface area (TPSA) is 32.3 Å². The molecule has 20 heavy (non-hydrogen) atoms. The van der Waals surface area contributed by atoms with E-state index in [-0.39, 0.29) is 12.1 Å². The molecule has 0 radical (unpaired) electrons. The average molecular weight is 290 g/mol. The van der Waals surface area contributed by atoms with Crippen LogP contribution in [0.3, 0.4) is 0 Å². The van der Waals surface area contributed by atoms with E-state index >= 15 is 0 Å². The van der Waals surface area contributed by atoms with E-state index in [1.165, 1.54) is 16.9 Å². The van der Waals surface area contributed by atoms with Crippen molar-refractivity contribution in [2.24, 2.45) is 5.92 Å². The first-order valence-corrected chi connectivity index (χ1v) is 8.60. The van der Waals surface area contributed by atoms with Crippen LogP contribution < -0.4 is 5.32 Å². The number of nitrogens with zero attached hydrogens (tertiary/aromatic N) is 1. The minimum Gasteiger partial charge on any atom is -0.319 e. The van der Waals surface area contributed by atoms with Gasteiger partial charge in [-0.2, -0.15) is 0 Å². The lowest BCUT2D eigenvalue weighted by Gasteiger charge is -2.30. The minimum absolute atomic E-state index is 0.0636. The maximum absolute atomic E-state index is 12.2. The Morgan fingerprint density at radius 1 is 1.25 bits per heavy atom. The molecule has 3 unspecified atom stereocenters. The van der Waals surface area contributed by atoms with Crippen molar-refractivity contribution in [1.29, 1.82) is 0 Å². The molecule has 108 valence electrons. The van der Waals surface area contributed by atoms with Crippen molar-refractivity contribution in [3.05, 3.63) is 29.8 Å². The van der Waals surface area contributed by atoms with Gasteiger partial charge in [0.15, 0.2) is 0 Å². The lowest BCUT2D eigenvalue weighted by Crippen LogP contribution is -2.38. The highest BCUT2D eigenvalue weighted by Crippen LogP contribution is 2.35. The number of thioether (sulfide) groups is 1. The zero-order valence-electron chi connectivity index (χ0n) is 12.1. The molecule has 1 saturated carbocycles. The maximum Gasteiger partial charge on any atom is 0.238 e. The monoisotopic (exact) mass is 290 g/mol. The summed E-state index contributed by atoms with van der Waals surface area (Å²) in [7, 11) is 0. The highest BCUT2D eigenvalue weighted by Gasteiger charge is 2.39. The van der Waals surface area contributed by atoms with Gasteiger partial charge in [-0.05, 0) is 49.1 Å². The molecule has 1 heterocycles. The largest absolute Gasteiger partial charge is 0.319 e. The highest BCUT2D eigenvalue weighted by atomic mass is 32.2. The van der Waals surface area contributed by atoms with Crippen molar-refractivity contribution in [3.8, 4) is 0 Å². The summed E-state index contributed by atoms with van der Waals surface area (Å²) in [5, 5.41) is 3.37. The highest BCUT2D eigenvalue weighted by molar-refractivity contribution is 7.98. The van der Waals surface area contributed by atoms with Gasteiger partial charge in [0.25, 0.3) is 0 Å². The molecule has 3 rings (SSSR count). The molecule has 0 bridgehead atoms. The Bertz CT molecular complexity index is 488. The molecule has 2 fully saturated rings. The van der Waals surface area contributed by atoms with Gasteiger partial charge < -0.3 is 4.90 Å². The Morgan fingerprint density at radius 3 is 2.60 bits per heavy atom. The molecular weight excluding hydrogens is 268 g/mol. The zero-order valence-corrected chi connectivity index (χ0v) is 13.0. The molecule has 1 aliphatic heterocycles. The van der Waals surface area contributed by atoms with Crippen LogP contribution in [0.15, 0.2) is 29.2 Å². The third-order valence-electron chi connectivity index (χ3n) is 4.50. The van der Waals surface area contributed by atoms with E-state index in [9.17, 15) is 4.79 Å². The van der Waals surface area contributed by atoms with E-state index in [1.54, 1.807) is 11.8 Å². The molecule has 3 nitrogen and oxygen atoms in total. The molecule has 1 aliphatic carbocycles. The number of carbonyl (C=O) groups excluding carboxylic acids is 1. The zero-order chi connectivity index (χ0) is 14.1. The summed E-state index contributed by atoms with van der Waals surface area (Å²) in [6, 6.07) is 8.98. The van der Waals surface area contributed by atoms with Crippen molar-refractivity contribution in [1.82, 2.24) is 10.2 Å². The predicted molar refractivity (Wildman–Crippen MR) is 82.6 cm³/mol. The van der Waals surface area contributed by atoms with Crippen molar-refractivity contribution in [2.45, 2.75) is 43.3 Å². The molecule has 1 N–H and O–H groups in total. The number of hydrogen-bond donors (Lipinski definition) is 1. The fourth-order valence-electron chi connectivity index (χ4n) is 3.43. The Balaban J connectivity index is 1.81. The predicted octanol–water partition coefficient (Wildman–Crippen LogP) is 3.03. The van der Waals surface area contributed by atoms with E-state index in [2.05, 4.69) is 47.7 Å². The Hall–Kier alpha value is -1.00. The second-order valence-electron chi connectivity index (χ2n) is 5.93. The summed E-state index contributed by atoms with van der Waals surface area (Å²) >= 11 is 1.75. The standard InChI is InChI=1S/C16H22N2OS/c1-11-3-6-13(9-11)18-15(19)10-17-16(18)12-4-7-14(20-2)8-5-12/h4-5,7-8,11,13,16-17H,3,6,9-10H2,1-2H3. The molecule has 0 spiro atoms. The van der Waals surface area contributed by atoms with Crippen LogP contribution in [0.1, 0.15) is 37.9 Å². The Kier molecular flexibility index (Phi) is 4.03. The summed E-state index contributed by atoms with van der Waals surface area (Å²) in [4.78, 5) is 15.6. The second kappa shape index (κ2) is 5.78. The summed E-state index contributed by atoms with van der Waals surface area (Å²) in [5.74, 6) is 0.996. The van der Waals surface area contributed by atoms with Gasteiger partial charge >= 0.3 is 0 Å². The Labute approximate surface area is 125 Å². The third-order valence-corrected chi connectivity index (χ3v) is 5.25. The normalized spacial score (nSPS) is 30.2. The molecule has 1 aromatic rings. The molecule has 3 atom stereocenters. The van der Waals surface area contributed by atoms with Crippen LogP contribution in [0, 0.1) is 5.92 Å². The Morgan fingerprint density at radius 2 is 2.00 bits per heavy atom. The minimum atomic E-state index is 0.0636. The van der Waals surface area contributed by atoms with Gasteiger partial charge in [0.1, 0.15) is 6.17 Å². The first-order chi connectivity index (χ1) is 9.69. The summed E-state index contributed by atoms with van der Waals surface area (Å²) in [5.41, 5.74) is 1.20. The number of amides is 1. The van der Waals surface area contributed by atoms with Gasteiger partial charge in [-0.25, -0.2) is 0 Å². The van der Waals surface area contributed by atoms with Gasteiger partial charge in [0.2, 0.25) is 5.91 Å². The van der Waals surface area contributed by atoms with Gasteiger partial charge in [-0.15, -0.1) is 11.8 Å². The quantitative estimate of drug-likeness (QED) is 0.869. The fraction of sp³-hybridized carbons (Fsp3) is 0.562. The number of nitrogens with one attached hydrogen (secondary N) is 1. The fourth-order valence-corrected chi connectivity index (χ4v) is 3.83. The molecule has 1 amide bonds. The van der Waals surface area contributed by atoms with Gasteiger partial charge in [-0.1, -0.05) is 19.1 Å². The average Bonchev–Trinajstić information content (AvgIpc) is 3.05. The summed E-state index contributed by atoms with van der Waals surface area (Å²) in [6.07, 6.45) is 5.68. The molecule has 1 aromatic carbocycles. The molecule has 0 aromatic heterocycles. The smallest absolute Gasteiger partial charge is 0.238 e. The lowest BCUT2D eigenvalue weighted by atomic mass is 10.1. The van der Waals surface area contributed by atoms with Crippen LogP contribution in [0.4, 0.5) is 0 Å². The van der Waals surface area contributed by atoms with Gasteiger partial charge in [0.05, 0.1) is 6.54 Å². The maximum atomic E-state index is 12.2. The number of hydrogen-bond acceptors (Lipinski definition) is 3. The third kappa shape index (κ3) is 2.59. The van der Waals surface area contributed by atoms with E-state index < -0.39 is 0 Å². The van der Waals surface area contributed by atoms with E-state index in [0.717, 1.165) is 18.8 Å². The van der Waals surface area contributed by atoms with Crippen LogP contribution in [0.2, 0.25) is 0 Å². The molecule has 4 heteroatoms. The van der Waals surface area contributed by atoms with Gasteiger partial charge in [0, 0.05) is 10.9 Å². The van der Waals surface area contributed by atoms with Crippen LogP contribution >= 0.6 is 11.8 Å². The summed E-state index contributed by atoms with van der Waals surface area (Å²) in [6.45, 7) is 2.76. The molecule has 1 saturated heterocycles. The van der Waals surface area contributed by atoms with E-state index in [4.69, 9.17) is 0 Å². The lowest BCUT2D eigenvalue weighted by molar-refractivity contribution is -0.130. The molecular formula is C16H22N2OS. The van der Waals surface area contributed by atoms with Crippen LogP contribution in [0.5, 0.6) is 0 Å². The van der Waals surface area contributed by atoms with Crippen molar-refractivity contribution in [3.63, 3.8) is 0 Å². The first kappa shape index (κ1) is 14.0. The van der Waals surface area contributed by atoms with Crippen molar-refractivity contribution < 1.29 is 4.79 Å². The van der Waals surface area contributed by atoms with E-state index in [1.807, 2.05) is 0 Å². The number of rotatable bonds is 3. The second-order valence-corrected chi connectivity index (χ2v) is 6.81. The van der Waals surface area contributed by atoms with Crippen LogP contribution in [0.25, 0.3) is 0 Å². The van der Waals surface area contributed by atoms with Crippen LogP contribution in [-0.2, 0) is 4.79 Å². The van der Waals surface area contributed by atoms with Crippen molar-refractivity contribution in [2.75, 3.05) is 12.8 Å². The van der Waals surface area contributed by atoms with Crippen LogP contribution in [-0.4, -0.2) is 29.6 Å². The number of carbonyl (C=O) groups is 1. The number of benzene rings is 1. The SMILES string of the molecule is CSc1ccc(C2NCC(=O)N2C2CCC(C)C2)cc1. The van der Waals surface area contributed by atoms with E-state index in [0.29, 0.717) is 12.6 Å². The van der Waals surface area contributed by atoms with Gasteiger partial charge in [-0.3, -0.25) is 10.1 Å². The first-order valence-electron chi connectivity index (χ1n) is 7.37. The molecule has 2 aliphatic rings.